The van der Waals surface area contributed by atoms with Gasteiger partial charge in [-0.05, 0) is 20.3 Å². The number of carbonyl (C=O) groups is 2. The van der Waals surface area contributed by atoms with E-state index in [0.29, 0.717) is 6.42 Å². The fourth-order valence-corrected chi connectivity index (χ4v) is 0.496. The van der Waals surface area contributed by atoms with Crippen LogP contribution >= 0.6 is 0 Å². The summed E-state index contributed by atoms with van der Waals surface area (Å²) in [5, 5.41) is 16.5. The zero-order valence-electron chi connectivity index (χ0n) is 8.80. The fraction of sp³-hybridized carbons (Fsp3) is 0.444. The van der Waals surface area contributed by atoms with E-state index in [1.165, 1.54) is 19.2 Å². The van der Waals surface area contributed by atoms with Crippen LogP contribution in [-0.4, -0.2) is 35.0 Å². The van der Waals surface area contributed by atoms with E-state index in [1.807, 2.05) is 0 Å². The van der Waals surface area contributed by atoms with Gasteiger partial charge in [-0.15, -0.1) is 0 Å². The number of amides is 2. The average Bonchev–Trinajstić information content (AvgIpc) is 2.14. The molecule has 2 amide bonds. The molecule has 0 unspecified atom stereocenters. The highest BCUT2D eigenvalue weighted by atomic mass is 16.4. The van der Waals surface area contributed by atoms with Gasteiger partial charge in [0.05, 0.1) is 0 Å². The highest BCUT2D eigenvalue weighted by Gasteiger charge is 1.96. The Labute approximate surface area is 88.1 Å². The summed E-state index contributed by atoms with van der Waals surface area (Å²) >= 11 is 0. The maximum Gasteiger partial charge on any atom is 0.337 e. The minimum absolute atomic E-state index is 0.00458. The van der Waals surface area contributed by atoms with Gasteiger partial charge in [0.1, 0.15) is 0 Å². The third kappa shape index (κ3) is 15.1. The molecule has 0 aromatic rings. The van der Waals surface area contributed by atoms with Gasteiger partial charge in [-0.1, -0.05) is 6.08 Å². The number of carbonyl (C=O) groups excluding carboxylic acids is 1. The average molecular weight is 216 g/mol. The molecule has 0 rings (SSSR count). The molecule has 4 N–H and O–H groups in total. The van der Waals surface area contributed by atoms with Gasteiger partial charge in [0, 0.05) is 18.4 Å². The van der Waals surface area contributed by atoms with Crippen molar-refractivity contribution in [3.63, 3.8) is 0 Å². The molecular formula is C9H16N2O4. The summed E-state index contributed by atoms with van der Waals surface area (Å²) in [6.07, 6.45) is 3.25. The first-order chi connectivity index (χ1) is 6.95. The lowest BCUT2D eigenvalue weighted by Crippen LogP contribution is -2.02. The first-order valence-electron chi connectivity index (χ1n) is 4.24. The van der Waals surface area contributed by atoms with Crippen molar-refractivity contribution in [3.8, 4) is 0 Å². The third-order valence-electron chi connectivity index (χ3n) is 1.17. The lowest BCUT2D eigenvalue weighted by molar-refractivity contribution is -0.132. The van der Waals surface area contributed by atoms with Gasteiger partial charge < -0.3 is 15.9 Å². The van der Waals surface area contributed by atoms with Crippen molar-refractivity contribution in [2.75, 3.05) is 6.61 Å². The number of aliphatic hydroxyl groups is 1. The summed E-state index contributed by atoms with van der Waals surface area (Å²) in [6, 6.07) is -0.641. The Balaban J connectivity index is 0. The zero-order chi connectivity index (χ0) is 12.3. The number of aliphatic imine (C=N–C) groups is 1. The standard InChI is InChI=1S/C6H10O3.C3H6N2O/c1-5(6(8)9)3-2-4-7;1-2-5-3(4)6/h3,7H,2,4H2,1H3,(H,8,9);2H,1H3,(H2,4,6). The maximum absolute atomic E-state index is 10.1. The van der Waals surface area contributed by atoms with Crippen LogP contribution in [-0.2, 0) is 4.79 Å². The molecule has 15 heavy (non-hydrogen) atoms. The molecule has 0 fully saturated rings. The summed E-state index contributed by atoms with van der Waals surface area (Å²) in [7, 11) is 0. The van der Waals surface area contributed by atoms with Crippen LogP contribution in [0.1, 0.15) is 20.3 Å². The molecule has 0 aliphatic carbocycles. The smallest absolute Gasteiger partial charge is 0.337 e. The van der Waals surface area contributed by atoms with E-state index in [9.17, 15) is 9.59 Å². The summed E-state index contributed by atoms with van der Waals surface area (Å²) in [5.41, 5.74) is 4.85. The second kappa shape index (κ2) is 10.4. The number of urea groups is 1. The number of hydrogen-bond donors (Lipinski definition) is 3. The minimum Gasteiger partial charge on any atom is -0.478 e. The van der Waals surface area contributed by atoms with Crippen molar-refractivity contribution < 1.29 is 19.8 Å². The van der Waals surface area contributed by atoms with Crippen LogP contribution in [0.3, 0.4) is 0 Å². The minimum atomic E-state index is -0.927. The highest BCUT2D eigenvalue weighted by molar-refractivity contribution is 5.85. The Morgan fingerprint density at radius 3 is 2.20 bits per heavy atom. The highest BCUT2D eigenvalue weighted by Crippen LogP contribution is 1.93. The van der Waals surface area contributed by atoms with Gasteiger partial charge in [0.15, 0.2) is 0 Å². The van der Waals surface area contributed by atoms with Crippen molar-refractivity contribution >= 4 is 18.2 Å². The molecule has 0 spiro atoms. The van der Waals surface area contributed by atoms with Crippen LogP contribution in [0.5, 0.6) is 0 Å². The summed E-state index contributed by atoms with van der Waals surface area (Å²) in [4.78, 5) is 22.8. The van der Waals surface area contributed by atoms with E-state index in [0.717, 1.165) is 0 Å². The van der Waals surface area contributed by atoms with Gasteiger partial charge >= 0.3 is 12.0 Å². The lowest BCUT2D eigenvalue weighted by Gasteiger charge is -1.89. The number of primary amides is 1. The van der Waals surface area contributed by atoms with Crippen LogP contribution in [0.2, 0.25) is 0 Å². The van der Waals surface area contributed by atoms with E-state index >= 15 is 0 Å². The molecule has 0 radical (unpaired) electrons. The summed E-state index contributed by atoms with van der Waals surface area (Å²) in [6.45, 7) is 3.13. The molecule has 0 atom stereocenters. The molecule has 0 aromatic carbocycles. The molecule has 6 heteroatoms. The van der Waals surface area contributed by atoms with Crippen LogP contribution in [0.4, 0.5) is 4.79 Å². The topological polar surface area (TPSA) is 113 Å². The molecule has 0 saturated heterocycles. The van der Waals surface area contributed by atoms with Crippen LogP contribution in [0, 0.1) is 0 Å². The molecule has 6 nitrogen and oxygen atoms in total. The largest absolute Gasteiger partial charge is 0.478 e. The van der Waals surface area contributed by atoms with Crippen LogP contribution < -0.4 is 5.73 Å². The molecule has 86 valence electrons. The Morgan fingerprint density at radius 2 is 2.00 bits per heavy atom. The number of hydrogen-bond acceptors (Lipinski definition) is 3. The monoisotopic (exact) mass is 216 g/mol. The van der Waals surface area contributed by atoms with E-state index in [1.54, 1.807) is 6.92 Å². The van der Waals surface area contributed by atoms with E-state index in [4.69, 9.17) is 10.2 Å². The maximum atomic E-state index is 10.1. The first kappa shape index (κ1) is 15.8. The number of nitrogens with zero attached hydrogens (tertiary/aromatic N) is 1. The SMILES string of the molecule is CC(=CCCO)C(=O)O.CC=NC(N)=O. The number of aliphatic carboxylic acids is 1. The van der Waals surface area contributed by atoms with Gasteiger partial charge in [-0.25, -0.2) is 14.6 Å². The van der Waals surface area contributed by atoms with Gasteiger partial charge in [-0.2, -0.15) is 0 Å². The number of carboxylic acids is 1. The number of carboxylic acid groups (broad SMARTS) is 1. The lowest BCUT2D eigenvalue weighted by atomic mass is 10.2. The van der Waals surface area contributed by atoms with Crippen molar-refractivity contribution in [2.24, 2.45) is 10.7 Å². The zero-order valence-corrected chi connectivity index (χ0v) is 8.80. The van der Waals surface area contributed by atoms with Crippen molar-refractivity contribution in [2.45, 2.75) is 20.3 Å². The van der Waals surface area contributed by atoms with Crippen molar-refractivity contribution in [1.29, 1.82) is 0 Å². The van der Waals surface area contributed by atoms with Crippen molar-refractivity contribution in [1.82, 2.24) is 0 Å². The molecule has 0 bridgehead atoms. The third-order valence-corrected chi connectivity index (χ3v) is 1.17. The van der Waals surface area contributed by atoms with E-state index in [2.05, 4.69) is 10.7 Å². The molecular weight excluding hydrogens is 200 g/mol. The molecule has 0 aromatic heterocycles. The van der Waals surface area contributed by atoms with Crippen LogP contribution in [0.15, 0.2) is 16.6 Å². The summed E-state index contributed by atoms with van der Waals surface area (Å²) in [5.74, 6) is -0.927. The first-order valence-corrected chi connectivity index (χ1v) is 4.24. The quantitative estimate of drug-likeness (QED) is 0.472. The second-order valence-electron chi connectivity index (χ2n) is 2.43. The number of nitrogens with two attached hydrogens (primary N) is 1. The predicted octanol–water partition coefficient (Wildman–Crippen LogP) is 0.556. The Kier molecular flexibility index (Phi) is 10.9. The van der Waals surface area contributed by atoms with Gasteiger partial charge in [-0.3, -0.25) is 0 Å². The molecule has 0 aliphatic heterocycles. The molecule has 0 saturated carbocycles. The van der Waals surface area contributed by atoms with E-state index < -0.39 is 12.0 Å². The predicted molar refractivity (Wildman–Crippen MR) is 56.8 cm³/mol. The Morgan fingerprint density at radius 1 is 1.47 bits per heavy atom. The van der Waals surface area contributed by atoms with Crippen molar-refractivity contribution in [3.05, 3.63) is 11.6 Å². The Hall–Kier alpha value is -1.69. The summed E-state index contributed by atoms with van der Waals surface area (Å²) < 4.78 is 0. The fourth-order valence-electron chi connectivity index (χ4n) is 0.496. The van der Waals surface area contributed by atoms with Gasteiger partial charge in [0.25, 0.3) is 0 Å². The number of aliphatic hydroxyl groups excluding tert-OH is 1. The Bertz CT molecular complexity index is 259. The normalized spacial score (nSPS) is 10.7. The molecule has 0 aliphatic rings. The van der Waals surface area contributed by atoms with E-state index in [-0.39, 0.29) is 12.2 Å². The number of rotatable bonds is 3. The molecule has 0 heterocycles. The van der Waals surface area contributed by atoms with Gasteiger partial charge in [0.2, 0.25) is 0 Å². The second-order valence-corrected chi connectivity index (χ2v) is 2.43. The van der Waals surface area contributed by atoms with Crippen LogP contribution in [0.25, 0.3) is 0 Å².